The summed E-state index contributed by atoms with van der Waals surface area (Å²) in [6.45, 7) is 5.03. The number of nitrogens with one attached hydrogen (secondary N) is 1. The Morgan fingerprint density at radius 3 is 2.90 bits per heavy atom. The van der Waals surface area contributed by atoms with Gasteiger partial charge in [-0.2, -0.15) is 5.26 Å². The van der Waals surface area contributed by atoms with Crippen LogP contribution >= 0.6 is 0 Å². The predicted molar refractivity (Wildman–Crippen MR) is 81.2 cm³/mol. The van der Waals surface area contributed by atoms with Crippen LogP contribution in [-0.4, -0.2) is 11.1 Å². The lowest BCUT2D eigenvalue weighted by Crippen LogP contribution is -2.12. The van der Waals surface area contributed by atoms with E-state index in [0.717, 1.165) is 19.6 Å². The average Bonchev–Trinajstić information content (AvgIpc) is 3.10. The van der Waals surface area contributed by atoms with Crippen molar-refractivity contribution >= 4 is 10.9 Å². The minimum atomic E-state index is 0.253. The molecule has 1 N–H and O–H groups in total. The smallest absolute Gasteiger partial charge is 0.0628 e. The van der Waals surface area contributed by atoms with Crippen LogP contribution in [0.15, 0.2) is 30.5 Å². The van der Waals surface area contributed by atoms with E-state index in [2.05, 4.69) is 53.3 Å². The molecule has 0 aliphatic heterocycles. The Morgan fingerprint density at radius 1 is 1.35 bits per heavy atom. The number of nitriles is 1. The molecule has 0 saturated heterocycles. The Hall–Kier alpha value is -1.79. The van der Waals surface area contributed by atoms with Crippen LogP contribution in [0.5, 0.6) is 0 Å². The summed E-state index contributed by atoms with van der Waals surface area (Å²) < 4.78 is 2.32. The molecule has 0 unspecified atom stereocenters. The number of aromatic nitrogens is 1. The molecule has 1 fully saturated rings. The molecular formula is C17H21N3. The van der Waals surface area contributed by atoms with Gasteiger partial charge in [0.25, 0.3) is 0 Å². The van der Waals surface area contributed by atoms with Gasteiger partial charge in [-0.05, 0) is 48.5 Å². The molecule has 1 aliphatic rings. The minimum Gasteiger partial charge on any atom is -0.347 e. The second-order valence-corrected chi connectivity index (χ2v) is 5.95. The number of rotatable bonds is 6. The standard InChI is InChI=1S/C17H21N3/c1-2-19-12-14-3-4-16-15(11-14)5-10-20(16)13-17(6-7-17)8-9-18/h3-5,10-11,19H,2,6-8,12-13H2,1H3. The molecule has 20 heavy (non-hydrogen) atoms. The highest BCUT2D eigenvalue weighted by molar-refractivity contribution is 5.80. The molecule has 0 atom stereocenters. The van der Waals surface area contributed by atoms with E-state index < -0.39 is 0 Å². The molecule has 1 aromatic carbocycles. The van der Waals surface area contributed by atoms with Crippen LogP contribution < -0.4 is 5.32 Å². The average molecular weight is 267 g/mol. The number of fused-ring (bicyclic) bond motifs is 1. The summed E-state index contributed by atoms with van der Waals surface area (Å²) in [7, 11) is 0. The van der Waals surface area contributed by atoms with E-state index in [-0.39, 0.29) is 5.41 Å². The summed E-state index contributed by atoms with van der Waals surface area (Å²) in [5.74, 6) is 0. The Balaban J connectivity index is 1.81. The highest BCUT2D eigenvalue weighted by atomic mass is 15.0. The number of hydrogen-bond donors (Lipinski definition) is 1. The summed E-state index contributed by atoms with van der Waals surface area (Å²) in [6.07, 6.45) is 5.24. The van der Waals surface area contributed by atoms with Crippen molar-refractivity contribution in [2.45, 2.75) is 39.3 Å². The third-order valence-electron chi connectivity index (χ3n) is 4.33. The third kappa shape index (κ3) is 2.57. The van der Waals surface area contributed by atoms with Gasteiger partial charge in [0.2, 0.25) is 0 Å². The first-order valence-corrected chi connectivity index (χ1v) is 7.42. The van der Waals surface area contributed by atoms with Crippen LogP contribution in [0.25, 0.3) is 10.9 Å². The van der Waals surface area contributed by atoms with E-state index in [1.807, 2.05) is 0 Å². The molecule has 1 heterocycles. The maximum atomic E-state index is 8.94. The first-order chi connectivity index (χ1) is 9.76. The fraction of sp³-hybridized carbons (Fsp3) is 0.471. The third-order valence-corrected chi connectivity index (χ3v) is 4.33. The van der Waals surface area contributed by atoms with Crippen molar-refractivity contribution in [2.24, 2.45) is 5.41 Å². The molecular weight excluding hydrogens is 246 g/mol. The number of nitrogens with zero attached hydrogens (tertiary/aromatic N) is 2. The SMILES string of the molecule is CCNCc1ccc2c(ccn2CC2(CC#N)CC2)c1. The summed E-state index contributed by atoms with van der Waals surface area (Å²) in [5, 5.41) is 13.6. The van der Waals surface area contributed by atoms with Crippen molar-refractivity contribution in [3.05, 3.63) is 36.0 Å². The van der Waals surface area contributed by atoms with Crippen LogP contribution in [0.3, 0.4) is 0 Å². The Bertz CT molecular complexity index is 644. The molecule has 0 amide bonds. The van der Waals surface area contributed by atoms with E-state index in [1.165, 1.54) is 29.3 Å². The summed E-state index contributed by atoms with van der Waals surface area (Å²) in [4.78, 5) is 0. The molecule has 0 bridgehead atoms. The van der Waals surface area contributed by atoms with Crippen molar-refractivity contribution in [3.8, 4) is 6.07 Å². The second-order valence-electron chi connectivity index (χ2n) is 5.95. The summed E-state index contributed by atoms with van der Waals surface area (Å²) in [5.41, 5.74) is 2.87. The van der Waals surface area contributed by atoms with Crippen LogP contribution in [0, 0.1) is 16.7 Å². The van der Waals surface area contributed by atoms with Gasteiger partial charge in [0, 0.05) is 36.6 Å². The van der Waals surface area contributed by atoms with Gasteiger partial charge in [0.05, 0.1) is 6.07 Å². The van der Waals surface area contributed by atoms with Crippen LogP contribution in [0.2, 0.25) is 0 Å². The first kappa shape index (κ1) is 13.2. The largest absolute Gasteiger partial charge is 0.347 e. The lowest BCUT2D eigenvalue weighted by atomic mass is 10.0. The highest BCUT2D eigenvalue weighted by Gasteiger charge is 2.42. The lowest BCUT2D eigenvalue weighted by molar-refractivity contribution is 0.440. The van der Waals surface area contributed by atoms with Gasteiger partial charge in [-0.3, -0.25) is 0 Å². The number of benzene rings is 1. The zero-order chi connectivity index (χ0) is 14.0. The molecule has 0 spiro atoms. The first-order valence-electron chi connectivity index (χ1n) is 7.42. The molecule has 1 saturated carbocycles. The summed E-state index contributed by atoms with van der Waals surface area (Å²) in [6, 6.07) is 11.2. The Morgan fingerprint density at radius 2 is 2.20 bits per heavy atom. The van der Waals surface area contributed by atoms with Crippen molar-refractivity contribution in [1.82, 2.24) is 9.88 Å². The summed E-state index contributed by atoms with van der Waals surface area (Å²) >= 11 is 0. The highest BCUT2D eigenvalue weighted by Crippen LogP contribution is 2.50. The predicted octanol–water partition coefficient (Wildman–Crippen LogP) is 3.44. The molecule has 0 radical (unpaired) electrons. The van der Waals surface area contributed by atoms with Crippen molar-refractivity contribution < 1.29 is 0 Å². The van der Waals surface area contributed by atoms with Crippen molar-refractivity contribution in [2.75, 3.05) is 6.54 Å². The van der Waals surface area contributed by atoms with Crippen molar-refractivity contribution in [1.29, 1.82) is 5.26 Å². The van der Waals surface area contributed by atoms with Crippen molar-refractivity contribution in [3.63, 3.8) is 0 Å². The van der Waals surface area contributed by atoms with E-state index in [9.17, 15) is 0 Å². The van der Waals surface area contributed by atoms with Gasteiger partial charge >= 0.3 is 0 Å². The normalized spacial score (nSPS) is 16.2. The van der Waals surface area contributed by atoms with E-state index in [0.29, 0.717) is 6.42 Å². The minimum absolute atomic E-state index is 0.253. The molecule has 3 nitrogen and oxygen atoms in total. The molecule has 3 rings (SSSR count). The molecule has 1 aromatic heterocycles. The Kier molecular flexibility index (Phi) is 3.50. The van der Waals surface area contributed by atoms with Crippen LogP contribution in [0.4, 0.5) is 0 Å². The zero-order valence-corrected chi connectivity index (χ0v) is 12.0. The maximum Gasteiger partial charge on any atom is 0.0628 e. The molecule has 104 valence electrons. The second kappa shape index (κ2) is 5.30. The van der Waals surface area contributed by atoms with E-state index >= 15 is 0 Å². The van der Waals surface area contributed by atoms with Gasteiger partial charge in [0.15, 0.2) is 0 Å². The van der Waals surface area contributed by atoms with Crippen LogP contribution in [0.1, 0.15) is 31.7 Å². The fourth-order valence-electron chi connectivity index (χ4n) is 2.86. The quantitative estimate of drug-likeness (QED) is 0.871. The number of hydrogen-bond acceptors (Lipinski definition) is 2. The monoisotopic (exact) mass is 267 g/mol. The maximum absolute atomic E-state index is 8.94. The zero-order valence-electron chi connectivity index (χ0n) is 12.0. The van der Waals surface area contributed by atoms with E-state index in [4.69, 9.17) is 5.26 Å². The van der Waals surface area contributed by atoms with Gasteiger partial charge in [-0.1, -0.05) is 13.0 Å². The fourth-order valence-corrected chi connectivity index (χ4v) is 2.86. The van der Waals surface area contributed by atoms with Gasteiger partial charge in [-0.25, -0.2) is 0 Å². The lowest BCUT2D eigenvalue weighted by Gasteiger charge is -2.13. The molecule has 3 heteroatoms. The topological polar surface area (TPSA) is 40.8 Å². The molecule has 2 aromatic rings. The van der Waals surface area contributed by atoms with Gasteiger partial charge < -0.3 is 9.88 Å². The van der Waals surface area contributed by atoms with Gasteiger partial charge in [0.1, 0.15) is 0 Å². The molecule has 1 aliphatic carbocycles. The van der Waals surface area contributed by atoms with E-state index in [1.54, 1.807) is 0 Å². The van der Waals surface area contributed by atoms with Crippen LogP contribution in [-0.2, 0) is 13.1 Å². The Labute approximate surface area is 120 Å². The van der Waals surface area contributed by atoms with Gasteiger partial charge in [-0.15, -0.1) is 0 Å².